The number of rotatable bonds is 4. The van der Waals surface area contributed by atoms with E-state index in [0.717, 1.165) is 11.1 Å². The monoisotopic (exact) mass is 462 g/mol. The Morgan fingerprint density at radius 2 is 1.88 bits per heavy atom. The van der Waals surface area contributed by atoms with Crippen molar-refractivity contribution in [3.05, 3.63) is 65.2 Å². The van der Waals surface area contributed by atoms with Crippen molar-refractivity contribution in [3.8, 4) is 17.2 Å². The molecule has 0 saturated carbocycles. The number of fused-ring (bicyclic) bond motifs is 2. The van der Waals surface area contributed by atoms with Gasteiger partial charge in [0.25, 0.3) is 5.91 Å². The summed E-state index contributed by atoms with van der Waals surface area (Å²) in [5.41, 5.74) is 1.62. The molecule has 4 aliphatic rings. The second kappa shape index (κ2) is 7.50. The van der Waals surface area contributed by atoms with Gasteiger partial charge in [-0.3, -0.25) is 9.59 Å². The highest BCUT2D eigenvalue weighted by Gasteiger charge is 2.65. The van der Waals surface area contributed by atoms with Crippen molar-refractivity contribution in [2.45, 2.75) is 36.4 Å². The first-order valence-corrected chi connectivity index (χ1v) is 11.5. The van der Waals surface area contributed by atoms with Gasteiger partial charge in [-0.2, -0.15) is 0 Å². The van der Waals surface area contributed by atoms with E-state index in [1.807, 2.05) is 31.3 Å². The van der Waals surface area contributed by atoms with Crippen LogP contribution < -0.4 is 9.47 Å². The molecule has 3 heterocycles. The molecule has 2 amide bonds. The molecule has 34 heavy (non-hydrogen) atoms. The highest BCUT2D eigenvalue weighted by atomic mass is 16.7. The average molecular weight is 463 g/mol. The lowest BCUT2D eigenvalue weighted by molar-refractivity contribution is -0.131. The summed E-state index contributed by atoms with van der Waals surface area (Å²) in [4.78, 5) is 31.1. The van der Waals surface area contributed by atoms with E-state index in [1.165, 1.54) is 0 Å². The molecule has 4 atom stereocenters. The minimum Gasteiger partial charge on any atom is -0.508 e. The molecule has 0 aromatic heterocycles. The maximum Gasteiger partial charge on any atom is 0.255 e. The number of amides is 2. The van der Waals surface area contributed by atoms with Gasteiger partial charge in [0.15, 0.2) is 11.5 Å². The second-order valence-corrected chi connectivity index (χ2v) is 9.34. The normalized spacial score (nSPS) is 28.7. The fourth-order valence-corrected chi connectivity index (χ4v) is 6.05. The van der Waals surface area contributed by atoms with Crippen molar-refractivity contribution in [1.82, 2.24) is 9.80 Å². The van der Waals surface area contributed by atoms with E-state index in [2.05, 4.69) is 6.08 Å². The number of carbonyl (C=O) groups excluding carboxylic acids is 2. The van der Waals surface area contributed by atoms with Gasteiger partial charge >= 0.3 is 0 Å². The number of phenols is 1. The van der Waals surface area contributed by atoms with Crippen LogP contribution in [0.3, 0.4) is 0 Å². The van der Waals surface area contributed by atoms with Crippen molar-refractivity contribution in [2.24, 2.45) is 0 Å². The van der Waals surface area contributed by atoms with Crippen LogP contribution >= 0.6 is 0 Å². The van der Waals surface area contributed by atoms with E-state index >= 15 is 0 Å². The van der Waals surface area contributed by atoms with E-state index in [9.17, 15) is 14.7 Å². The Kier molecular flexibility index (Phi) is 4.64. The van der Waals surface area contributed by atoms with E-state index in [1.54, 1.807) is 35.1 Å². The highest BCUT2D eigenvalue weighted by molar-refractivity contribution is 6.05. The minimum absolute atomic E-state index is 0.0752. The fraction of sp³-hybridized carbons (Fsp3) is 0.385. The maximum absolute atomic E-state index is 13.8. The fourth-order valence-electron chi connectivity index (χ4n) is 6.05. The SMILES string of the molecule is COC1C=CC23c4cc5c(cc4C(=O)N(CCc4ccc(O)cc4)C2C(=O)N(C)C3C1)OCO5. The molecule has 1 spiro atoms. The zero-order valence-electron chi connectivity index (χ0n) is 19.1. The molecule has 6 rings (SSSR count). The van der Waals surface area contributed by atoms with Crippen LogP contribution in [0.1, 0.15) is 27.9 Å². The summed E-state index contributed by atoms with van der Waals surface area (Å²) in [5, 5.41) is 9.60. The number of phenolic OH excluding ortho intramolecular Hbond substituents is 1. The Balaban J connectivity index is 1.49. The number of benzene rings is 2. The molecule has 8 heteroatoms. The third kappa shape index (κ3) is 2.81. The zero-order valence-corrected chi connectivity index (χ0v) is 19.1. The average Bonchev–Trinajstić information content (AvgIpc) is 3.40. The lowest BCUT2D eigenvalue weighted by atomic mass is 9.63. The third-order valence-corrected chi connectivity index (χ3v) is 7.76. The predicted octanol–water partition coefficient (Wildman–Crippen LogP) is 2.24. The highest BCUT2D eigenvalue weighted by Crippen LogP contribution is 2.54. The Labute approximate surface area is 197 Å². The Hall–Kier alpha value is -3.52. The van der Waals surface area contributed by atoms with Gasteiger partial charge in [-0.25, -0.2) is 0 Å². The summed E-state index contributed by atoms with van der Waals surface area (Å²) in [5.74, 6) is 1.07. The number of aromatic hydroxyl groups is 1. The van der Waals surface area contributed by atoms with Crippen molar-refractivity contribution in [2.75, 3.05) is 27.5 Å². The molecule has 8 nitrogen and oxygen atoms in total. The molecule has 2 aromatic carbocycles. The van der Waals surface area contributed by atoms with E-state index in [-0.39, 0.29) is 36.5 Å². The minimum atomic E-state index is -0.708. The van der Waals surface area contributed by atoms with Crippen molar-refractivity contribution in [1.29, 1.82) is 0 Å². The van der Waals surface area contributed by atoms with Crippen LogP contribution in [0.2, 0.25) is 0 Å². The molecule has 4 unspecified atom stereocenters. The molecular weight excluding hydrogens is 436 g/mol. The third-order valence-electron chi connectivity index (χ3n) is 7.76. The Bertz CT molecular complexity index is 1210. The summed E-state index contributed by atoms with van der Waals surface area (Å²) < 4.78 is 16.8. The number of likely N-dealkylation sites (N-methyl/N-ethyl adjacent to an activating group) is 1. The molecule has 1 saturated heterocycles. The van der Waals surface area contributed by atoms with Crippen molar-refractivity contribution < 1.29 is 28.9 Å². The number of hydrogen-bond donors (Lipinski definition) is 1. The van der Waals surface area contributed by atoms with Crippen LogP contribution in [0.15, 0.2) is 48.6 Å². The summed E-state index contributed by atoms with van der Waals surface area (Å²) in [7, 11) is 3.48. The van der Waals surface area contributed by atoms with Gasteiger partial charge in [0.1, 0.15) is 11.8 Å². The largest absolute Gasteiger partial charge is 0.508 e. The molecule has 0 bridgehead atoms. The van der Waals surface area contributed by atoms with E-state index in [0.29, 0.717) is 36.4 Å². The Morgan fingerprint density at radius 3 is 2.62 bits per heavy atom. The van der Waals surface area contributed by atoms with Crippen molar-refractivity contribution in [3.63, 3.8) is 0 Å². The first kappa shape index (κ1) is 21.0. The molecule has 1 aliphatic carbocycles. The van der Waals surface area contributed by atoms with Crippen molar-refractivity contribution >= 4 is 11.8 Å². The lowest BCUT2D eigenvalue weighted by Crippen LogP contribution is -2.60. The number of carbonyl (C=O) groups is 2. The predicted molar refractivity (Wildman–Crippen MR) is 122 cm³/mol. The van der Waals surface area contributed by atoms with Crippen LogP contribution in [0.25, 0.3) is 0 Å². The smallest absolute Gasteiger partial charge is 0.255 e. The molecule has 3 aliphatic heterocycles. The summed E-state index contributed by atoms with van der Waals surface area (Å²) in [6.07, 6.45) is 5.18. The van der Waals surface area contributed by atoms with E-state index in [4.69, 9.17) is 14.2 Å². The topological polar surface area (TPSA) is 88.5 Å². The van der Waals surface area contributed by atoms with Crippen LogP contribution in [-0.2, 0) is 21.4 Å². The van der Waals surface area contributed by atoms with Gasteiger partial charge in [-0.05, 0) is 48.2 Å². The summed E-state index contributed by atoms with van der Waals surface area (Å²) >= 11 is 0. The lowest BCUT2D eigenvalue weighted by Gasteiger charge is -2.48. The molecule has 176 valence electrons. The number of ether oxygens (including phenoxy) is 3. The summed E-state index contributed by atoms with van der Waals surface area (Å²) in [6, 6.07) is 9.75. The number of hydrogen-bond acceptors (Lipinski definition) is 6. The molecule has 1 N–H and O–H groups in total. The van der Waals surface area contributed by atoms with Gasteiger partial charge in [0.2, 0.25) is 12.7 Å². The van der Waals surface area contributed by atoms with Gasteiger partial charge in [-0.15, -0.1) is 0 Å². The van der Waals surface area contributed by atoms with E-state index < -0.39 is 11.5 Å². The second-order valence-electron chi connectivity index (χ2n) is 9.34. The van der Waals surface area contributed by atoms with Crippen LogP contribution in [-0.4, -0.2) is 72.4 Å². The van der Waals surface area contributed by atoms with Crippen LogP contribution in [0, 0.1) is 0 Å². The number of methoxy groups -OCH3 is 1. The first-order chi connectivity index (χ1) is 16.4. The van der Waals surface area contributed by atoms with Gasteiger partial charge in [0, 0.05) is 32.3 Å². The first-order valence-electron chi connectivity index (χ1n) is 11.5. The van der Waals surface area contributed by atoms with Gasteiger partial charge < -0.3 is 29.1 Å². The standard InChI is InChI=1S/C26H26N2O6/c1-27-22-11-17(32-2)7-9-26(22)19-13-21-20(33-14-34-21)12-18(19)24(30)28(23(26)25(27)31)10-8-15-3-5-16(29)6-4-15/h3-7,9,12-13,17,22-23,29H,8,10-11,14H2,1-2H3. The Morgan fingerprint density at radius 1 is 1.15 bits per heavy atom. The number of likely N-dealkylation sites (tertiary alicyclic amines) is 1. The molecule has 0 radical (unpaired) electrons. The van der Waals surface area contributed by atoms with Gasteiger partial charge in [-0.1, -0.05) is 24.3 Å². The number of nitrogens with zero attached hydrogens (tertiary/aromatic N) is 2. The zero-order chi connectivity index (χ0) is 23.6. The quantitative estimate of drug-likeness (QED) is 0.702. The molecular formula is C26H26N2O6. The maximum atomic E-state index is 13.8. The van der Waals surface area contributed by atoms with Crippen LogP contribution in [0.4, 0.5) is 0 Å². The molecule has 2 aromatic rings. The molecule has 1 fully saturated rings. The van der Waals surface area contributed by atoms with Gasteiger partial charge in [0.05, 0.1) is 11.5 Å². The summed E-state index contributed by atoms with van der Waals surface area (Å²) in [6.45, 7) is 0.481. The van der Waals surface area contributed by atoms with Crippen LogP contribution in [0.5, 0.6) is 17.2 Å².